The summed E-state index contributed by atoms with van der Waals surface area (Å²) in [5.74, 6) is 0.190. The summed E-state index contributed by atoms with van der Waals surface area (Å²) >= 11 is 0. The van der Waals surface area contributed by atoms with E-state index in [4.69, 9.17) is 5.26 Å². The Hall–Kier alpha value is -0.550. The second kappa shape index (κ2) is 9.67. The van der Waals surface area contributed by atoms with Crippen molar-refractivity contribution in [2.75, 3.05) is 14.1 Å². The highest BCUT2D eigenvalue weighted by atomic mass is 14.7. The van der Waals surface area contributed by atoms with Crippen LogP contribution in [0.15, 0.2) is 0 Å². The molecule has 0 aliphatic carbocycles. The predicted octanol–water partition coefficient (Wildman–Crippen LogP) is 1.00. The Morgan fingerprint density at radius 1 is 1.38 bits per heavy atom. The van der Waals surface area contributed by atoms with E-state index in [9.17, 15) is 0 Å². The lowest BCUT2D eigenvalue weighted by Gasteiger charge is -1.75. The van der Waals surface area contributed by atoms with E-state index >= 15 is 0 Å². The molecule has 0 aromatic rings. The van der Waals surface area contributed by atoms with E-state index in [0.29, 0.717) is 0 Å². The second-order valence-electron chi connectivity index (χ2n) is 1.78. The van der Waals surface area contributed by atoms with E-state index in [1.54, 1.807) is 0 Å². The Kier molecular flexibility index (Phi) is 12.6. The molecule has 1 N–H and O–H groups in total. The van der Waals surface area contributed by atoms with Crippen molar-refractivity contribution in [2.45, 2.75) is 13.8 Å². The molecule has 0 rings (SSSR count). The van der Waals surface area contributed by atoms with Gasteiger partial charge in [-0.1, -0.05) is 0 Å². The normalized spacial score (nSPS) is 7.00. The van der Waals surface area contributed by atoms with Gasteiger partial charge in [-0.25, -0.2) is 0 Å². The molecular weight excluding hydrogens is 100 g/mol. The summed E-state index contributed by atoms with van der Waals surface area (Å²) < 4.78 is 0. The summed E-state index contributed by atoms with van der Waals surface area (Å²) in [5, 5.41) is 10.6. The van der Waals surface area contributed by atoms with E-state index in [-0.39, 0.29) is 5.92 Å². The maximum atomic E-state index is 7.89. The molecular formula is C6H14N2. The Morgan fingerprint density at radius 2 is 1.50 bits per heavy atom. The van der Waals surface area contributed by atoms with Crippen LogP contribution in [-0.2, 0) is 0 Å². The van der Waals surface area contributed by atoms with Crippen LogP contribution < -0.4 is 5.32 Å². The first-order valence-corrected chi connectivity index (χ1v) is 2.67. The van der Waals surface area contributed by atoms with Crippen LogP contribution in [0.4, 0.5) is 0 Å². The van der Waals surface area contributed by atoms with Crippen molar-refractivity contribution in [3.05, 3.63) is 0 Å². The highest BCUT2D eigenvalue weighted by Gasteiger charge is 1.78. The third-order valence-electron chi connectivity index (χ3n) is 0.258. The monoisotopic (exact) mass is 114 g/mol. The van der Waals surface area contributed by atoms with Crippen LogP contribution in [-0.4, -0.2) is 14.1 Å². The van der Waals surface area contributed by atoms with E-state index in [0.717, 1.165) is 0 Å². The van der Waals surface area contributed by atoms with E-state index < -0.39 is 0 Å². The number of nitrogens with zero attached hydrogens (tertiary/aromatic N) is 1. The molecule has 0 unspecified atom stereocenters. The zero-order valence-corrected chi connectivity index (χ0v) is 6.02. The van der Waals surface area contributed by atoms with Crippen LogP contribution in [0, 0.1) is 17.2 Å². The molecule has 48 valence electrons. The number of rotatable bonds is 0. The molecule has 8 heavy (non-hydrogen) atoms. The van der Waals surface area contributed by atoms with Gasteiger partial charge in [0.25, 0.3) is 0 Å². The van der Waals surface area contributed by atoms with Gasteiger partial charge in [-0.15, -0.1) is 0 Å². The quantitative estimate of drug-likeness (QED) is 0.510. The number of hydrogen-bond donors (Lipinski definition) is 1. The number of hydrogen-bond acceptors (Lipinski definition) is 2. The first-order chi connectivity index (χ1) is 3.68. The van der Waals surface area contributed by atoms with E-state index in [2.05, 4.69) is 5.32 Å². The minimum Gasteiger partial charge on any atom is -0.323 e. The van der Waals surface area contributed by atoms with Crippen LogP contribution in [0.2, 0.25) is 0 Å². The lowest BCUT2D eigenvalue weighted by atomic mass is 10.3. The molecule has 0 saturated heterocycles. The van der Waals surface area contributed by atoms with Gasteiger partial charge in [0.15, 0.2) is 0 Å². The van der Waals surface area contributed by atoms with Crippen LogP contribution in [0.3, 0.4) is 0 Å². The van der Waals surface area contributed by atoms with Crippen LogP contribution in [0.25, 0.3) is 0 Å². The zero-order chi connectivity index (χ0) is 6.99. The van der Waals surface area contributed by atoms with Gasteiger partial charge in [-0.3, -0.25) is 0 Å². The van der Waals surface area contributed by atoms with Gasteiger partial charge < -0.3 is 5.32 Å². The first-order valence-electron chi connectivity index (χ1n) is 2.67. The SMILES string of the molecule is CC(C)C#N.CNC. The van der Waals surface area contributed by atoms with Crippen molar-refractivity contribution in [2.24, 2.45) is 5.92 Å². The van der Waals surface area contributed by atoms with Gasteiger partial charge in [-0.05, 0) is 27.9 Å². The predicted molar refractivity (Wildman–Crippen MR) is 35.4 cm³/mol. The van der Waals surface area contributed by atoms with Crippen LogP contribution in [0.1, 0.15) is 13.8 Å². The van der Waals surface area contributed by atoms with Gasteiger partial charge in [0.1, 0.15) is 0 Å². The molecule has 0 aliphatic rings. The molecule has 0 aliphatic heterocycles. The summed E-state index contributed by atoms with van der Waals surface area (Å²) in [6.45, 7) is 3.72. The van der Waals surface area contributed by atoms with E-state index in [1.165, 1.54) is 0 Å². The average Bonchev–Trinajstić information content (AvgIpc) is 1.69. The van der Waals surface area contributed by atoms with Gasteiger partial charge in [0.2, 0.25) is 0 Å². The smallest absolute Gasteiger partial charge is 0.0649 e. The molecule has 0 spiro atoms. The number of nitriles is 1. The largest absolute Gasteiger partial charge is 0.323 e. The fraction of sp³-hybridized carbons (Fsp3) is 0.833. The summed E-state index contributed by atoms with van der Waals surface area (Å²) in [6.07, 6.45) is 0. The molecule has 0 amide bonds. The molecule has 0 atom stereocenters. The molecule has 0 aromatic heterocycles. The van der Waals surface area contributed by atoms with Crippen molar-refractivity contribution in [1.82, 2.24) is 5.32 Å². The molecule has 0 aromatic carbocycles. The van der Waals surface area contributed by atoms with Gasteiger partial charge >= 0.3 is 0 Å². The van der Waals surface area contributed by atoms with Crippen molar-refractivity contribution in [3.63, 3.8) is 0 Å². The lowest BCUT2D eigenvalue weighted by Crippen LogP contribution is -1.89. The highest BCUT2D eigenvalue weighted by molar-refractivity contribution is 4.72. The highest BCUT2D eigenvalue weighted by Crippen LogP contribution is 1.81. The standard InChI is InChI=1S/C4H7N.C2H7N/c1-4(2)3-5;1-3-2/h4H,1-2H3;3H,1-2H3. The molecule has 0 fully saturated rings. The van der Waals surface area contributed by atoms with Crippen molar-refractivity contribution < 1.29 is 0 Å². The van der Waals surface area contributed by atoms with Gasteiger partial charge in [-0.2, -0.15) is 5.26 Å². The molecule has 2 heteroatoms. The van der Waals surface area contributed by atoms with Crippen LogP contribution in [0.5, 0.6) is 0 Å². The third kappa shape index (κ3) is 51.3. The summed E-state index contributed by atoms with van der Waals surface area (Å²) in [7, 11) is 3.75. The molecule has 0 bridgehead atoms. The fourth-order valence-corrected chi connectivity index (χ4v) is 0. The Morgan fingerprint density at radius 3 is 1.50 bits per heavy atom. The fourth-order valence-electron chi connectivity index (χ4n) is 0. The maximum Gasteiger partial charge on any atom is 0.0649 e. The van der Waals surface area contributed by atoms with Crippen molar-refractivity contribution in [1.29, 1.82) is 5.26 Å². The Bertz CT molecular complexity index is 61.4. The topological polar surface area (TPSA) is 35.8 Å². The third-order valence-corrected chi connectivity index (χ3v) is 0.258. The van der Waals surface area contributed by atoms with Gasteiger partial charge in [0.05, 0.1) is 6.07 Å². The average molecular weight is 114 g/mol. The minimum absolute atomic E-state index is 0.190. The van der Waals surface area contributed by atoms with Gasteiger partial charge in [0, 0.05) is 5.92 Å². The summed E-state index contributed by atoms with van der Waals surface area (Å²) in [5.41, 5.74) is 0. The Balaban J connectivity index is 0. The number of nitrogens with one attached hydrogen (secondary N) is 1. The van der Waals surface area contributed by atoms with Crippen molar-refractivity contribution in [3.8, 4) is 6.07 Å². The molecule has 2 nitrogen and oxygen atoms in total. The summed E-state index contributed by atoms with van der Waals surface area (Å²) in [6, 6.07) is 2.03. The Labute approximate surface area is 51.5 Å². The molecule has 0 saturated carbocycles. The zero-order valence-electron chi connectivity index (χ0n) is 6.02. The maximum absolute atomic E-state index is 7.89. The van der Waals surface area contributed by atoms with Crippen LogP contribution >= 0.6 is 0 Å². The lowest BCUT2D eigenvalue weighted by molar-refractivity contribution is 0.849. The molecule has 0 radical (unpaired) electrons. The van der Waals surface area contributed by atoms with E-state index in [1.807, 2.05) is 34.0 Å². The summed E-state index contributed by atoms with van der Waals surface area (Å²) in [4.78, 5) is 0. The second-order valence-corrected chi connectivity index (χ2v) is 1.78. The minimum atomic E-state index is 0.190. The molecule has 0 heterocycles. The first kappa shape index (κ1) is 10.4. The van der Waals surface area contributed by atoms with Crippen molar-refractivity contribution >= 4 is 0 Å².